The molecule has 0 spiro atoms. The van der Waals surface area contributed by atoms with Gasteiger partial charge in [0.1, 0.15) is 6.07 Å². The molecule has 0 unspecified atom stereocenters. The van der Waals surface area contributed by atoms with Gasteiger partial charge in [0, 0.05) is 159 Å². The summed E-state index contributed by atoms with van der Waals surface area (Å²) in [5, 5.41) is 81.0. The predicted molar refractivity (Wildman–Crippen MR) is 609 cm³/mol. The van der Waals surface area contributed by atoms with Crippen LogP contribution in [-0.2, 0) is 0 Å². The molecule has 678 valence electrons. The standard InChI is InChI=1S/3C44H24N4S/c45-25-27-17-21-38-36(23-27)32-12-4-6-15-37(32)48(38)43-29(26-46)9-8-14-31(43)28-18-19-35-40(24-28)47(30-10-2-1-3-11-30)39-22-20-34-33-13-5-7-16-41(33)49-44(34)42(35)39;45-25-27-14-19-38(48-37-12-6-4-10-31(37)36-23-28(26-46)15-20-39(36)48)35(22-27)29-16-17-34-41(24-29)47(30-8-2-1-3-9-30)40-21-18-33-32-11-5-7-13-42(32)49-44(33)43(34)40;45-25-27-15-20-38-36(22-27)32-10-4-6-12-37(32)48(38)40-23-28(26-46)14-17-31(40)29-16-18-35-41(24-29)47(30-8-2-1-3-9-30)39-21-19-34-33-11-5-7-13-42(33)49-44(34)43(35)39/h3*1-24H. The number of hydrogen-bond acceptors (Lipinski definition) is 9. The number of hydrogen-bond donors (Lipinski definition) is 0. The fraction of sp³-hybridized carbons (Fsp3) is 0. The van der Waals surface area contributed by atoms with Crippen LogP contribution in [0.5, 0.6) is 0 Å². The van der Waals surface area contributed by atoms with Crippen LogP contribution in [0.2, 0.25) is 0 Å². The Hall–Kier alpha value is -20.0. The fourth-order valence-electron chi connectivity index (χ4n) is 23.0. The van der Waals surface area contributed by atoms with E-state index in [4.69, 9.17) is 0 Å². The SMILES string of the molecule is N#Cc1ccc(-c2ccc3c4c5sc6ccccc6c5ccc4n(-c4ccccc4)c3c2)c(-n2c3ccccc3c3cc(C#N)ccc32)c1.N#Cc1ccc(-n2c3ccccc3c3cc(C#N)ccc32)c(-c2ccc3c4c5sc6ccccc6c5ccc4n(-c4ccccc4)c3c2)c1.N#Cc1ccc2c(c1)c1ccccc1n2-c1c(C#N)cccc1-c1ccc2c3c4sc5ccccc5c4ccc3n(-c3ccccc3)c2c1. The summed E-state index contributed by atoms with van der Waals surface area (Å²) in [6.07, 6.45) is 0. The molecule has 30 rings (SSSR count). The summed E-state index contributed by atoms with van der Waals surface area (Å²) in [6, 6.07) is 166. The van der Waals surface area contributed by atoms with Crippen LogP contribution < -0.4 is 0 Å². The van der Waals surface area contributed by atoms with Crippen LogP contribution in [0, 0.1) is 68.0 Å². The second-order valence-electron chi connectivity index (χ2n) is 37.1. The monoisotopic (exact) mass is 1920 g/mol. The van der Waals surface area contributed by atoms with Crippen molar-refractivity contribution in [3.8, 4) is 104 Å². The summed E-state index contributed by atoms with van der Waals surface area (Å²) in [5.74, 6) is 0. The van der Waals surface area contributed by atoms with Gasteiger partial charge in [0.2, 0.25) is 0 Å². The van der Waals surface area contributed by atoms with Crippen molar-refractivity contribution < 1.29 is 0 Å². The molecule has 0 amide bonds. The van der Waals surface area contributed by atoms with Crippen LogP contribution in [0.4, 0.5) is 0 Å². The minimum atomic E-state index is 0.584. The maximum Gasteiger partial charge on any atom is 0.101 e. The average Bonchev–Trinajstić information content (AvgIpc) is 1.56. The molecule has 30 aromatic rings. The van der Waals surface area contributed by atoms with E-state index < -0.39 is 0 Å². The van der Waals surface area contributed by atoms with Crippen LogP contribution in [0.3, 0.4) is 0 Å². The lowest BCUT2D eigenvalue weighted by Gasteiger charge is -2.16. The molecule has 9 heterocycles. The highest BCUT2D eigenvalue weighted by Gasteiger charge is 2.29. The molecule has 0 saturated heterocycles. The Balaban J connectivity index is 0.000000107. The lowest BCUT2D eigenvalue weighted by Crippen LogP contribution is -2.01. The van der Waals surface area contributed by atoms with Gasteiger partial charge in [-0.25, -0.2) is 0 Å². The zero-order chi connectivity index (χ0) is 97.9. The molecule has 0 N–H and O–H groups in total. The van der Waals surface area contributed by atoms with Gasteiger partial charge in [-0.2, -0.15) is 31.6 Å². The topological polar surface area (TPSA) is 172 Å². The van der Waals surface area contributed by atoms with Crippen molar-refractivity contribution in [2.24, 2.45) is 0 Å². The molecule has 0 aliphatic heterocycles. The van der Waals surface area contributed by atoms with E-state index in [-0.39, 0.29) is 0 Å². The lowest BCUT2D eigenvalue weighted by molar-refractivity contribution is 1.17. The molecule has 0 radical (unpaired) electrons. The highest BCUT2D eigenvalue weighted by molar-refractivity contribution is 7.27. The molecule has 0 atom stereocenters. The zero-order valence-electron chi connectivity index (χ0n) is 78.2. The molecular formula is C132H72N12S3. The van der Waals surface area contributed by atoms with Crippen LogP contribution in [0.25, 0.3) is 259 Å². The summed E-state index contributed by atoms with van der Waals surface area (Å²) in [5.41, 5.74) is 28.6. The molecule has 12 nitrogen and oxygen atoms in total. The average molecular weight is 1920 g/mol. The molecule has 0 bridgehead atoms. The molecule has 0 aliphatic rings. The third-order valence-corrected chi connectivity index (χ3v) is 32.9. The predicted octanol–water partition coefficient (Wildman–Crippen LogP) is 35.0. The smallest absolute Gasteiger partial charge is 0.101 e. The van der Waals surface area contributed by atoms with Gasteiger partial charge >= 0.3 is 0 Å². The van der Waals surface area contributed by atoms with E-state index in [1.807, 2.05) is 161 Å². The van der Waals surface area contributed by atoms with Crippen molar-refractivity contribution in [1.82, 2.24) is 27.4 Å². The number of fused-ring (bicyclic) bond motifs is 30. The summed E-state index contributed by atoms with van der Waals surface area (Å²) in [4.78, 5) is 0. The Kier molecular flexibility index (Phi) is 19.6. The Morgan fingerprint density at radius 1 is 0.170 bits per heavy atom. The van der Waals surface area contributed by atoms with Crippen molar-refractivity contribution in [2.45, 2.75) is 0 Å². The molecule has 21 aromatic carbocycles. The summed E-state index contributed by atoms with van der Waals surface area (Å²) in [7, 11) is 0. The largest absolute Gasteiger partial charge is 0.309 e. The van der Waals surface area contributed by atoms with Crippen LogP contribution in [0.1, 0.15) is 33.4 Å². The van der Waals surface area contributed by atoms with Gasteiger partial charge in [0.15, 0.2) is 0 Å². The first kappa shape index (κ1) is 85.0. The maximum atomic E-state index is 10.5. The van der Waals surface area contributed by atoms with E-state index in [0.29, 0.717) is 33.4 Å². The third kappa shape index (κ3) is 13.2. The van der Waals surface area contributed by atoms with Gasteiger partial charge in [-0.05, 0) is 217 Å². The fourth-order valence-corrected chi connectivity index (χ4v) is 26.8. The second-order valence-corrected chi connectivity index (χ2v) is 40.3. The minimum Gasteiger partial charge on any atom is -0.309 e. The maximum absolute atomic E-state index is 10.5. The summed E-state index contributed by atoms with van der Waals surface area (Å²) < 4.78 is 21.6. The lowest BCUT2D eigenvalue weighted by atomic mass is 9.98. The first-order valence-electron chi connectivity index (χ1n) is 48.4. The Morgan fingerprint density at radius 2 is 0.483 bits per heavy atom. The molecule has 0 aliphatic carbocycles. The van der Waals surface area contributed by atoms with Crippen molar-refractivity contribution >= 4 is 225 Å². The van der Waals surface area contributed by atoms with E-state index in [1.54, 1.807) is 0 Å². The zero-order valence-corrected chi connectivity index (χ0v) is 80.6. The van der Waals surface area contributed by atoms with Crippen LogP contribution in [0.15, 0.2) is 437 Å². The first-order chi connectivity index (χ1) is 72.7. The first-order valence-corrected chi connectivity index (χ1v) is 50.9. The number of para-hydroxylation sites is 7. The van der Waals surface area contributed by atoms with Crippen LogP contribution >= 0.6 is 34.0 Å². The quantitative estimate of drug-likeness (QED) is 0.139. The normalized spacial score (nSPS) is 11.6. The van der Waals surface area contributed by atoms with Gasteiger partial charge < -0.3 is 27.4 Å². The Labute approximate surface area is 851 Å². The molecule has 147 heavy (non-hydrogen) atoms. The molecule has 9 aromatic heterocycles. The third-order valence-electron chi connectivity index (χ3n) is 29.3. The van der Waals surface area contributed by atoms with Crippen molar-refractivity contribution in [2.75, 3.05) is 0 Å². The second kappa shape index (κ2) is 33.9. The Bertz CT molecular complexity index is 11000. The van der Waals surface area contributed by atoms with Gasteiger partial charge in [0.05, 0.1) is 147 Å². The molecule has 15 heteroatoms. The van der Waals surface area contributed by atoms with Gasteiger partial charge in [-0.3, -0.25) is 0 Å². The van der Waals surface area contributed by atoms with Gasteiger partial charge in [0.25, 0.3) is 0 Å². The number of nitriles is 6. The number of thiophene rings is 3. The van der Waals surface area contributed by atoms with Crippen molar-refractivity contribution in [3.05, 3.63) is 470 Å². The number of nitrogens with zero attached hydrogens (tertiary/aromatic N) is 12. The summed E-state index contributed by atoms with van der Waals surface area (Å²) >= 11 is 5.56. The van der Waals surface area contributed by atoms with E-state index in [1.165, 1.54) is 109 Å². The highest BCUT2D eigenvalue weighted by Crippen LogP contribution is 2.52. The van der Waals surface area contributed by atoms with Gasteiger partial charge in [-0.1, -0.05) is 237 Å². The molecule has 0 fully saturated rings. The van der Waals surface area contributed by atoms with Crippen LogP contribution in [-0.4, -0.2) is 27.4 Å². The Morgan fingerprint density at radius 3 is 0.891 bits per heavy atom. The van der Waals surface area contributed by atoms with Crippen molar-refractivity contribution in [3.63, 3.8) is 0 Å². The summed E-state index contributed by atoms with van der Waals surface area (Å²) in [6.45, 7) is 0. The number of aromatic nitrogens is 6. The van der Waals surface area contributed by atoms with E-state index in [2.05, 4.69) is 373 Å². The van der Waals surface area contributed by atoms with E-state index in [0.717, 1.165) is 149 Å². The number of benzene rings is 21. The highest BCUT2D eigenvalue weighted by atomic mass is 32.1. The van der Waals surface area contributed by atoms with E-state index >= 15 is 0 Å². The van der Waals surface area contributed by atoms with Crippen molar-refractivity contribution in [1.29, 1.82) is 31.6 Å². The van der Waals surface area contributed by atoms with Gasteiger partial charge in [-0.15, -0.1) is 34.0 Å². The minimum absolute atomic E-state index is 0.584. The van der Waals surface area contributed by atoms with E-state index in [9.17, 15) is 31.6 Å². The number of rotatable bonds is 9. The molecular weight excluding hydrogens is 1850 g/mol. The molecule has 0 saturated carbocycles.